The molecule has 0 aliphatic carbocycles. The number of nitro benzene ring substituents is 1. The van der Waals surface area contributed by atoms with Crippen molar-refractivity contribution in [3.05, 3.63) is 131 Å². The van der Waals surface area contributed by atoms with Gasteiger partial charge in [0.2, 0.25) is 0 Å². The first-order chi connectivity index (χ1) is 19.8. The topological polar surface area (TPSA) is 122 Å². The summed E-state index contributed by atoms with van der Waals surface area (Å²) in [5.41, 5.74) is 2.77. The van der Waals surface area contributed by atoms with E-state index >= 15 is 0 Å². The number of allylic oxidation sites excluding steroid dienone is 1. The van der Waals surface area contributed by atoms with Crippen LogP contribution in [0.5, 0.6) is 11.5 Å². The second-order valence-electron chi connectivity index (χ2n) is 9.11. The van der Waals surface area contributed by atoms with Gasteiger partial charge in [-0.2, -0.15) is 0 Å². The van der Waals surface area contributed by atoms with Crippen LogP contribution in [0.15, 0.2) is 93.9 Å². The molecule has 0 amide bonds. The number of esters is 1. The number of fused-ring (bicyclic) bond motifs is 1. The number of nitrogens with zero attached hydrogens (tertiary/aromatic N) is 3. The highest BCUT2D eigenvalue weighted by atomic mass is 32.1. The average Bonchev–Trinajstić information content (AvgIpc) is 3.29. The molecule has 0 bridgehead atoms. The van der Waals surface area contributed by atoms with E-state index in [0.717, 1.165) is 11.1 Å². The van der Waals surface area contributed by atoms with Crippen LogP contribution in [0.25, 0.3) is 6.08 Å². The Hall–Kier alpha value is -5.03. The molecule has 41 heavy (non-hydrogen) atoms. The first-order valence-electron chi connectivity index (χ1n) is 12.5. The number of benzene rings is 3. The van der Waals surface area contributed by atoms with Crippen LogP contribution in [0.4, 0.5) is 5.69 Å². The average molecular weight is 572 g/mol. The lowest BCUT2D eigenvalue weighted by Crippen LogP contribution is -2.39. The molecule has 0 spiro atoms. The van der Waals surface area contributed by atoms with Crippen molar-refractivity contribution >= 4 is 29.1 Å². The molecule has 0 saturated heterocycles. The maximum absolute atomic E-state index is 13.7. The molecule has 11 heteroatoms. The fourth-order valence-electron chi connectivity index (χ4n) is 4.56. The van der Waals surface area contributed by atoms with Crippen LogP contribution in [0.3, 0.4) is 0 Å². The van der Waals surface area contributed by atoms with Crippen molar-refractivity contribution in [2.24, 2.45) is 4.99 Å². The highest BCUT2D eigenvalue weighted by Crippen LogP contribution is 2.31. The van der Waals surface area contributed by atoms with Crippen LogP contribution in [-0.4, -0.2) is 29.7 Å². The van der Waals surface area contributed by atoms with Gasteiger partial charge in [-0.05, 0) is 54.0 Å². The molecule has 0 fully saturated rings. The van der Waals surface area contributed by atoms with Gasteiger partial charge < -0.3 is 14.2 Å². The van der Waals surface area contributed by atoms with Crippen LogP contribution in [0.2, 0.25) is 0 Å². The van der Waals surface area contributed by atoms with Gasteiger partial charge in [0.1, 0.15) is 6.61 Å². The van der Waals surface area contributed by atoms with E-state index in [4.69, 9.17) is 14.2 Å². The number of rotatable bonds is 8. The molecule has 4 aromatic rings. The number of methoxy groups -OCH3 is 2. The molecule has 0 radical (unpaired) electrons. The molecule has 1 atom stereocenters. The van der Waals surface area contributed by atoms with Crippen molar-refractivity contribution in [3.8, 4) is 11.5 Å². The van der Waals surface area contributed by atoms with Crippen molar-refractivity contribution in [1.82, 2.24) is 4.57 Å². The van der Waals surface area contributed by atoms with E-state index in [0.29, 0.717) is 37.7 Å². The lowest BCUT2D eigenvalue weighted by molar-refractivity contribution is -0.384. The Morgan fingerprint density at radius 1 is 1.07 bits per heavy atom. The predicted octanol–water partition coefficient (Wildman–Crippen LogP) is 3.90. The molecule has 1 aliphatic rings. The van der Waals surface area contributed by atoms with Gasteiger partial charge in [0, 0.05) is 12.1 Å². The summed E-state index contributed by atoms with van der Waals surface area (Å²) in [5, 5.41) is 10.9. The number of nitro groups is 1. The van der Waals surface area contributed by atoms with Crippen LogP contribution < -0.4 is 24.4 Å². The number of non-ortho nitro benzene ring substituents is 1. The standard InChI is InChI=1S/C30H25N3O7S/c1-18-26(29(35)39-3)27(21-7-5-4-6-8-21)32-28(34)25(41-30(32)31-18)16-20-11-14-23(24(15-20)38-2)40-17-19-9-12-22(13-10-19)33(36)37/h4-16,27H,17H2,1-3H3. The van der Waals surface area contributed by atoms with Gasteiger partial charge in [0.25, 0.3) is 11.2 Å². The second-order valence-corrected chi connectivity index (χ2v) is 10.1. The van der Waals surface area contributed by atoms with E-state index in [1.807, 2.05) is 30.3 Å². The Morgan fingerprint density at radius 2 is 1.80 bits per heavy atom. The fraction of sp³-hybridized carbons (Fsp3) is 0.167. The van der Waals surface area contributed by atoms with E-state index in [2.05, 4.69) is 4.99 Å². The monoisotopic (exact) mass is 571 g/mol. The SMILES string of the molecule is COC(=O)C1=C(C)N=c2sc(=Cc3ccc(OCc4ccc([N+](=O)[O-])cc4)c(OC)c3)c(=O)n2C1c1ccccc1. The molecule has 5 rings (SSSR count). The summed E-state index contributed by atoms with van der Waals surface area (Å²) >= 11 is 1.23. The van der Waals surface area contributed by atoms with E-state index in [-0.39, 0.29) is 17.9 Å². The summed E-state index contributed by atoms with van der Waals surface area (Å²) in [4.78, 5) is 41.9. The van der Waals surface area contributed by atoms with Gasteiger partial charge >= 0.3 is 5.97 Å². The lowest BCUT2D eigenvalue weighted by atomic mass is 9.96. The Kier molecular flexibility index (Phi) is 7.79. The summed E-state index contributed by atoms with van der Waals surface area (Å²) in [6.45, 7) is 1.92. The Balaban J connectivity index is 1.49. The Labute approximate surface area is 238 Å². The van der Waals surface area contributed by atoms with Crippen molar-refractivity contribution in [3.63, 3.8) is 0 Å². The number of carbonyl (C=O) groups excluding carboxylic acids is 1. The molecule has 1 unspecified atom stereocenters. The smallest absolute Gasteiger partial charge is 0.338 e. The van der Waals surface area contributed by atoms with Gasteiger partial charge in [-0.3, -0.25) is 19.5 Å². The summed E-state index contributed by atoms with van der Waals surface area (Å²) in [6.07, 6.45) is 1.74. The van der Waals surface area contributed by atoms with Crippen LogP contribution in [-0.2, 0) is 16.1 Å². The van der Waals surface area contributed by atoms with E-state index in [9.17, 15) is 19.7 Å². The van der Waals surface area contributed by atoms with E-state index < -0.39 is 16.9 Å². The van der Waals surface area contributed by atoms with Gasteiger partial charge in [-0.1, -0.05) is 47.7 Å². The quantitative estimate of drug-likeness (QED) is 0.179. The predicted molar refractivity (Wildman–Crippen MR) is 153 cm³/mol. The van der Waals surface area contributed by atoms with Crippen LogP contribution >= 0.6 is 11.3 Å². The normalized spacial score (nSPS) is 14.7. The number of ether oxygens (including phenoxy) is 3. The van der Waals surface area contributed by atoms with Gasteiger partial charge in [-0.15, -0.1) is 0 Å². The maximum atomic E-state index is 13.7. The molecule has 3 aromatic carbocycles. The largest absolute Gasteiger partial charge is 0.493 e. The van der Waals surface area contributed by atoms with Crippen molar-refractivity contribution < 1.29 is 23.9 Å². The highest BCUT2D eigenvalue weighted by Gasteiger charge is 2.32. The third-order valence-corrected chi connectivity index (χ3v) is 7.55. The second kappa shape index (κ2) is 11.6. The van der Waals surface area contributed by atoms with Crippen molar-refractivity contribution in [2.75, 3.05) is 14.2 Å². The number of hydrogen-bond donors (Lipinski definition) is 0. The minimum Gasteiger partial charge on any atom is -0.493 e. The fourth-order valence-corrected chi connectivity index (χ4v) is 5.61. The molecule has 1 aliphatic heterocycles. The third kappa shape index (κ3) is 5.52. The number of thiazole rings is 1. The number of aromatic nitrogens is 1. The first-order valence-corrected chi connectivity index (χ1v) is 13.3. The molecular weight excluding hydrogens is 546 g/mol. The Bertz CT molecular complexity index is 1840. The minimum atomic E-state index is -0.674. The molecule has 0 N–H and O–H groups in total. The van der Waals surface area contributed by atoms with Crippen molar-refractivity contribution in [2.45, 2.75) is 19.6 Å². The molecule has 208 valence electrons. The minimum absolute atomic E-state index is 0.00716. The van der Waals surface area contributed by atoms with Crippen molar-refractivity contribution in [1.29, 1.82) is 0 Å². The number of carbonyl (C=O) groups is 1. The maximum Gasteiger partial charge on any atom is 0.338 e. The van der Waals surface area contributed by atoms with Crippen LogP contribution in [0.1, 0.15) is 29.7 Å². The van der Waals surface area contributed by atoms with Gasteiger partial charge in [-0.25, -0.2) is 9.79 Å². The van der Waals surface area contributed by atoms with E-state index in [1.54, 1.807) is 43.3 Å². The zero-order valence-corrected chi connectivity index (χ0v) is 23.2. The van der Waals surface area contributed by atoms with E-state index in [1.165, 1.54) is 42.3 Å². The van der Waals surface area contributed by atoms with Gasteiger partial charge in [0.15, 0.2) is 16.3 Å². The number of hydrogen-bond acceptors (Lipinski definition) is 9. The zero-order valence-electron chi connectivity index (χ0n) is 22.4. The summed E-state index contributed by atoms with van der Waals surface area (Å²) in [5.74, 6) is 0.398. The van der Waals surface area contributed by atoms with Crippen LogP contribution in [0, 0.1) is 10.1 Å². The first kappa shape index (κ1) is 27.5. The summed E-state index contributed by atoms with van der Waals surface area (Å²) < 4.78 is 18.4. The highest BCUT2D eigenvalue weighted by molar-refractivity contribution is 7.07. The Morgan fingerprint density at radius 3 is 2.46 bits per heavy atom. The lowest BCUT2D eigenvalue weighted by Gasteiger charge is -2.24. The molecule has 0 saturated carbocycles. The summed E-state index contributed by atoms with van der Waals surface area (Å²) in [7, 11) is 2.82. The molecule has 2 heterocycles. The summed E-state index contributed by atoms with van der Waals surface area (Å²) in [6, 6.07) is 20.0. The zero-order chi connectivity index (χ0) is 29.1. The third-order valence-electron chi connectivity index (χ3n) is 6.57. The molecule has 1 aromatic heterocycles. The molecule has 10 nitrogen and oxygen atoms in total. The van der Waals surface area contributed by atoms with Gasteiger partial charge in [0.05, 0.1) is 41.0 Å². The molecular formula is C30H25N3O7S.